The molecule has 0 aromatic rings. The Bertz CT molecular complexity index is 143. The molecule has 0 amide bonds. The SMILES string of the molecule is C=C=C(C)CCCCCNCC. The summed E-state index contributed by atoms with van der Waals surface area (Å²) < 4.78 is 0. The monoisotopic (exact) mass is 167 g/mol. The van der Waals surface area contributed by atoms with E-state index in [2.05, 4.69) is 31.5 Å². The lowest BCUT2D eigenvalue weighted by Gasteiger charge is -2.01. The largest absolute Gasteiger partial charge is 0.317 e. The molecule has 0 unspecified atom stereocenters. The van der Waals surface area contributed by atoms with E-state index in [4.69, 9.17) is 0 Å². The fourth-order valence-corrected chi connectivity index (χ4v) is 1.08. The molecule has 0 aliphatic rings. The maximum absolute atomic E-state index is 3.61. The molecule has 0 heterocycles. The molecular weight excluding hydrogens is 146 g/mol. The van der Waals surface area contributed by atoms with Crippen molar-refractivity contribution in [2.45, 2.75) is 39.5 Å². The van der Waals surface area contributed by atoms with Crippen molar-refractivity contribution in [3.05, 3.63) is 17.9 Å². The molecule has 70 valence electrons. The highest BCUT2D eigenvalue weighted by Crippen LogP contribution is 2.05. The van der Waals surface area contributed by atoms with Crippen LogP contribution in [0.15, 0.2) is 17.9 Å². The minimum Gasteiger partial charge on any atom is -0.317 e. The summed E-state index contributed by atoms with van der Waals surface area (Å²) in [5.41, 5.74) is 4.21. The topological polar surface area (TPSA) is 12.0 Å². The van der Waals surface area contributed by atoms with Gasteiger partial charge in [0.25, 0.3) is 0 Å². The van der Waals surface area contributed by atoms with E-state index >= 15 is 0 Å². The second kappa shape index (κ2) is 8.58. The minimum atomic E-state index is 1.09. The van der Waals surface area contributed by atoms with Crippen LogP contribution in [-0.2, 0) is 0 Å². The normalized spacial score (nSPS) is 9.50. The van der Waals surface area contributed by atoms with Gasteiger partial charge in [0.05, 0.1) is 0 Å². The lowest BCUT2D eigenvalue weighted by atomic mass is 10.1. The molecule has 0 saturated heterocycles. The highest BCUT2D eigenvalue weighted by atomic mass is 14.8. The van der Waals surface area contributed by atoms with Crippen LogP contribution in [0.1, 0.15) is 39.5 Å². The molecule has 0 bridgehead atoms. The molecule has 0 aliphatic heterocycles. The second-order valence-corrected chi connectivity index (χ2v) is 3.12. The van der Waals surface area contributed by atoms with E-state index in [1.54, 1.807) is 0 Å². The second-order valence-electron chi connectivity index (χ2n) is 3.12. The van der Waals surface area contributed by atoms with Gasteiger partial charge in [-0.3, -0.25) is 0 Å². The van der Waals surface area contributed by atoms with Crippen molar-refractivity contribution in [3.63, 3.8) is 0 Å². The summed E-state index contributed by atoms with van der Waals surface area (Å²) >= 11 is 0. The first-order chi connectivity index (χ1) is 5.81. The Morgan fingerprint density at radius 1 is 1.33 bits per heavy atom. The zero-order valence-electron chi connectivity index (χ0n) is 8.45. The van der Waals surface area contributed by atoms with Gasteiger partial charge in [-0.2, -0.15) is 0 Å². The van der Waals surface area contributed by atoms with Crippen molar-refractivity contribution in [2.75, 3.05) is 13.1 Å². The standard InChI is InChI=1S/C11H21N/c1-4-11(3)9-7-6-8-10-12-5-2/h12H,1,5-10H2,2-3H3. The van der Waals surface area contributed by atoms with Gasteiger partial charge in [0, 0.05) is 0 Å². The molecule has 0 radical (unpaired) electrons. The number of unbranched alkanes of at least 4 members (excludes halogenated alkanes) is 2. The first-order valence-electron chi connectivity index (χ1n) is 4.87. The van der Waals surface area contributed by atoms with Crippen molar-refractivity contribution >= 4 is 0 Å². The molecule has 1 nitrogen and oxygen atoms in total. The van der Waals surface area contributed by atoms with Crippen LogP contribution in [0.5, 0.6) is 0 Å². The van der Waals surface area contributed by atoms with Gasteiger partial charge in [-0.1, -0.05) is 19.9 Å². The first kappa shape index (κ1) is 11.5. The van der Waals surface area contributed by atoms with Crippen LogP contribution in [0.3, 0.4) is 0 Å². The number of nitrogens with one attached hydrogen (secondary N) is 1. The average Bonchev–Trinajstić information content (AvgIpc) is 2.10. The summed E-state index contributed by atoms with van der Waals surface area (Å²) in [6.45, 7) is 10.1. The minimum absolute atomic E-state index is 1.09. The van der Waals surface area contributed by atoms with Gasteiger partial charge in [-0.25, -0.2) is 0 Å². The highest BCUT2D eigenvalue weighted by molar-refractivity contribution is 4.93. The molecule has 12 heavy (non-hydrogen) atoms. The van der Waals surface area contributed by atoms with E-state index < -0.39 is 0 Å². The number of rotatable bonds is 7. The van der Waals surface area contributed by atoms with Gasteiger partial charge in [0.1, 0.15) is 0 Å². The molecule has 1 heteroatoms. The van der Waals surface area contributed by atoms with Gasteiger partial charge in [-0.05, 0) is 44.8 Å². The zero-order chi connectivity index (χ0) is 9.23. The Balaban J connectivity index is 3.06. The summed E-state index contributed by atoms with van der Waals surface area (Å²) in [6, 6.07) is 0. The fraction of sp³-hybridized carbons (Fsp3) is 0.727. The fourth-order valence-electron chi connectivity index (χ4n) is 1.08. The number of hydrogen-bond acceptors (Lipinski definition) is 1. The Labute approximate surface area is 76.6 Å². The van der Waals surface area contributed by atoms with Crippen LogP contribution in [0.2, 0.25) is 0 Å². The van der Waals surface area contributed by atoms with E-state index in [0.717, 1.165) is 19.5 Å². The van der Waals surface area contributed by atoms with Crippen LogP contribution in [0.4, 0.5) is 0 Å². The summed E-state index contributed by atoms with van der Waals surface area (Å²) in [5.74, 6) is 0. The molecule has 0 aliphatic carbocycles. The predicted molar refractivity (Wildman–Crippen MR) is 55.3 cm³/mol. The van der Waals surface area contributed by atoms with Gasteiger partial charge in [-0.15, -0.1) is 5.73 Å². The molecular formula is C11H21N. The number of allylic oxidation sites excluding steroid dienone is 1. The summed E-state index contributed by atoms with van der Waals surface area (Å²) in [4.78, 5) is 0. The zero-order valence-corrected chi connectivity index (χ0v) is 8.45. The molecule has 0 aromatic carbocycles. The van der Waals surface area contributed by atoms with Crippen molar-refractivity contribution in [2.24, 2.45) is 0 Å². The third kappa shape index (κ3) is 7.59. The maximum Gasteiger partial charge on any atom is -0.00490 e. The van der Waals surface area contributed by atoms with Crippen molar-refractivity contribution < 1.29 is 0 Å². The van der Waals surface area contributed by atoms with Crippen LogP contribution < -0.4 is 5.32 Å². The molecule has 0 spiro atoms. The van der Waals surface area contributed by atoms with Crippen LogP contribution in [-0.4, -0.2) is 13.1 Å². The molecule has 1 N–H and O–H groups in total. The Morgan fingerprint density at radius 3 is 2.67 bits per heavy atom. The van der Waals surface area contributed by atoms with Crippen molar-refractivity contribution in [1.29, 1.82) is 0 Å². The Kier molecular flexibility index (Phi) is 8.20. The van der Waals surface area contributed by atoms with Gasteiger partial charge in [0.2, 0.25) is 0 Å². The van der Waals surface area contributed by atoms with Crippen LogP contribution >= 0.6 is 0 Å². The van der Waals surface area contributed by atoms with Gasteiger partial charge < -0.3 is 5.32 Å². The van der Waals surface area contributed by atoms with Gasteiger partial charge in [0.15, 0.2) is 0 Å². The van der Waals surface area contributed by atoms with E-state index in [-0.39, 0.29) is 0 Å². The van der Waals surface area contributed by atoms with E-state index in [1.165, 1.54) is 24.8 Å². The molecule has 0 rings (SSSR count). The quantitative estimate of drug-likeness (QED) is 0.454. The predicted octanol–water partition coefficient (Wildman–Crippen LogP) is 2.89. The van der Waals surface area contributed by atoms with Crippen LogP contribution in [0.25, 0.3) is 0 Å². The van der Waals surface area contributed by atoms with Crippen molar-refractivity contribution in [1.82, 2.24) is 5.32 Å². The smallest absolute Gasteiger partial charge is 0.00490 e. The summed E-state index contributed by atoms with van der Waals surface area (Å²) in [5, 5.41) is 3.32. The third-order valence-electron chi connectivity index (χ3n) is 1.96. The maximum atomic E-state index is 3.61. The highest BCUT2D eigenvalue weighted by Gasteiger charge is 1.90. The third-order valence-corrected chi connectivity index (χ3v) is 1.96. The lowest BCUT2D eigenvalue weighted by molar-refractivity contribution is 0.616. The van der Waals surface area contributed by atoms with E-state index in [9.17, 15) is 0 Å². The molecule has 0 atom stereocenters. The molecule has 0 fully saturated rings. The number of hydrogen-bond donors (Lipinski definition) is 1. The van der Waals surface area contributed by atoms with Crippen LogP contribution in [0, 0.1) is 0 Å². The molecule has 0 saturated carbocycles. The Hall–Kier alpha value is -0.520. The van der Waals surface area contributed by atoms with E-state index in [0.29, 0.717) is 0 Å². The molecule has 0 aromatic heterocycles. The average molecular weight is 167 g/mol. The Morgan fingerprint density at radius 2 is 2.08 bits per heavy atom. The van der Waals surface area contributed by atoms with Crippen molar-refractivity contribution in [3.8, 4) is 0 Å². The van der Waals surface area contributed by atoms with E-state index in [1.807, 2.05) is 0 Å². The first-order valence-corrected chi connectivity index (χ1v) is 4.87. The summed E-state index contributed by atoms with van der Waals surface area (Å²) in [7, 11) is 0. The lowest BCUT2D eigenvalue weighted by Crippen LogP contribution is -2.13. The van der Waals surface area contributed by atoms with Gasteiger partial charge >= 0.3 is 0 Å². The summed E-state index contributed by atoms with van der Waals surface area (Å²) in [6.07, 6.45) is 5.04.